The third-order valence-corrected chi connectivity index (χ3v) is 2.09. The van der Waals surface area contributed by atoms with E-state index in [0.717, 1.165) is 15.9 Å². The van der Waals surface area contributed by atoms with E-state index >= 15 is 0 Å². The minimum absolute atomic E-state index is 0. The Balaban J connectivity index is 0.00000121. The fraction of sp³-hybridized carbons (Fsp3) is 0.250. The third-order valence-electron chi connectivity index (χ3n) is 1.44. The summed E-state index contributed by atoms with van der Waals surface area (Å²) in [6.07, 6.45) is 0. The van der Waals surface area contributed by atoms with Crippen LogP contribution in [-0.4, -0.2) is 14.2 Å². The molecule has 4 heteroatoms. The van der Waals surface area contributed by atoms with Crippen LogP contribution in [0.1, 0.15) is 0 Å². The van der Waals surface area contributed by atoms with Gasteiger partial charge in [-0.1, -0.05) is 0 Å². The third kappa shape index (κ3) is 2.57. The van der Waals surface area contributed by atoms with Crippen LogP contribution in [0.4, 0.5) is 5.69 Å². The van der Waals surface area contributed by atoms with Gasteiger partial charge in [0.05, 0.1) is 11.6 Å². The smallest absolute Gasteiger partial charge is 0.135 e. The highest BCUT2D eigenvalue weighted by molar-refractivity contribution is 9.10. The molecule has 68 valence electrons. The second kappa shape index (κ2) is 5.27. The molecule has 1 aromatic rings. The number of benzene rings is 1. The monoisotopic (exact) mass is 251 g/mol. The number of halogens is 2. The van der Waals surface area contributed by atoms with Crippen molar-refractivity contribution in [2.75, 3.05) is 19.5 Å². The van der Waals surface area contributed by atoms with Crippen LogP contribution < -0.4 is 10.1 Å². The second-order valence-electron chi connectivity index (χ2n) is 2.10. The van der Waals surface area contributed by atoms with Crippen LogP contribution in [0, 0.1) is 0 Å². The zero-order chi connectivity index (χ0) is 8.27. The van der Waals surface area contributed by atoms with Gasteiger partial charge in [0.2, 0.25) is 0 Å². The molecule has 0 atom stereocenters. The van der Waals surface area contributed by atoms with E-state index in [4.69, 9.17) is 4.74 Å². The first-order valence-electron chi connectivity index (χ1n) is 3.29. The van der Waals surface area contributed by atoms with Crippen molar-refractivity contribution in [1.82, 2.24) is 0 Å². The maximum atomic E-state index is 5.10. The molecule has 0 aliphatic carbocycles. The molecule has 2 nitrogen and oxygen atoms in total. The SMILES string of the molecule is CNc1ccc(Br)c(OC)c1.Cl. The number of hydrogen-bond donors (Lipinski definition) is 1. The Hall–Kier alpha value is -0.410. The molecule has 0 aliphatic rings. The first-order chi connectivity index (χ1) is 5.27. The van der Waals surface area contributed by atoms with Crippen LogP contribution >= 0.6 is 28.3 Å². The Kier molecular flexibility index (Phi) is 5.09. The summed E-state index contributed by atoms with van der Waals surface area (Å²) in [6.45, 7) is 0. The quantitative estimate of drug-likeness (QED) is 0.874. The molecule has 0 saturated heterocycles. The van der Waals surface area contributed by atoms with E-state index in [1.165, 1.54) is 0 Å². The van der Waals surface area contributed by atoms with Crippen molar-refractivity contribution in [2.45, 2.75) is 0 Å². The molecule has 0 aromatic heterocycles. The van der Waals surface area contributed by atoms with E-state index in [9.17, 15) is 0 Å². The lowest BCUT2D eigenvalue weighted by Crippen LogP contribution is -1.89. The summed E-state index contributed by atoms with van der Waals surface area (Å²) in [4.78, 5) is 0. The maximum Gasteiger partial charge on any atom is 0.135 e. The minimum Gasteiger partial charge on any atom is -0.495 e. The topological polar surface area (TPSA) is 21.3 Å². The van der Waals surface area contributed by atoms with E-state index in [1.807, 2.05) is 25.2 Å². The molecule has 0 bridgehead atoms. The molecule has 12 heavy (non-hydrogen) atoms. The van der Waals surface area contributed by atoms with Crippen LogP contribution in [0.3, 0.4) is 0 Å². The highest BCUT2D eigenvalue weighted by Crippen LogP contribution is 2.27. The summed E-state index contributed by atoms with van der Waals surface area (Å²) in [7, 11) is 3.53. The summed E-state index contributed by atoms with van der Waals surface area (Å²) in [6, 6.07) is 5.86. The van der Waals surface area contributed by atoms with E-state index < -0.39 is 0 Å². The number of ether oxygens (including phenoxy) is 1. The van der Waals surface area contributed by atoms with Gasteiger partial charge in [-0.25, -0.2) is 0 Å². The Bertz CT molecular complexity index is 255. The van der Waals surface area contributed by atoms with E-state index in [-0.39, 0.29) is 12.4 Å². The summed E-state index contributed by atoms with van der Waals surface area (Å²) in [5.41, 5.74) is 1.05. The molecule has 1 rings (SSSR count). The summed E-state index contributed by atoms with van der Waals surface area (Å²) in [5.74, 6) is 0.844. The lowest BCUT2D eigenvalue weighted by atomic mass is 10.3. The van der Waals surface area contributed by atoms with Crippen molar-refractivity contribution in [1.29, 1.82) is 0 Å². The average molecular weight is 253 g/mol. The Labute approximate surface area is 86.8 Å². The molecule has 0 amide bonds. The van der Waals surface area contributed by atoms with Crippen LogP contribution in [-0.2, 0) is 0 Å². The molecule has 0 saturated carbocycles. The summed E-state index contributed by atoms with van der Waals surface area (Å²) in [5, 5.41) is 3.03. The van der Waals surface area contributed by atoms with Crippen molar-refractivity contribution in [3.8, 4) is 5.75 Å². The van der Waals surface area contributed by atoms with Gasteiger partial charge < -0.3 is 10.1 Å². The maximum absolute atomic E-state index is 5.10. The molecular formula is C8H11BrClNO. The van der Waals surface area contributed by atoms with Gasteiger partial charge in [-0.05, 0) is 28.1 Å². The van der Waals surface area contributed by atoms with E-state index in [0.29, 0.717) is 0 Å². The fourth-order valence-electron chi connectivity index (χ4n) is 0.815. The van der Waals surface area contributed by atoms with E-state index in [1.54, 1.807) is 7.11 Å². The molecule has 0 heterocycles. The minimum atomic E-state index is 0. The van der Waals surface area contributed by atoms with E-state index in [2.05, 4.69) is 21.2 Å². The van der Waals surface area contributed by atoms with Gasteiger partial charge in [-0.15, -0.1) is 12.4 Å². The molecule has 1 aromatic carbocycles. The first kappa shape index (κ1) is 11.6. The molecule has 0 fully saturated rings. The standard InChI is InChI=1S/C8H10BrNO.ClH/c1-10-6-3-4-7(9)8(5-6)11-2;/h3-5,10H,1-2H3;1H. The van der Waals surface area contributed by atoms with Gasteiger partial charge in [-0.2, -0.15) is 0 Å². The van der Waals surface area contributed by atoms with Gasteiger partial charge in [0, 0.05) is 18.8 Å². The predicted octanol–water partition coefficient (Wildman–Crippen LogP) is 2.92. The number of rotatable bonds is 2. The number of hydrogen-bond acceptors (Lipinski definition) is 2. The molecule has 1 N–H and O–H groups in total. The zero-order valence-corrected chi connectivity index (χ0v) is 9.33. The number of anilines is 1. The average Bonchev–Trinajstić information content (AvgIpc) is 2.05. The summed E-state index contributed by atoms with van der Waals surface area (Å²) >= 11 is 3.37. The highest BCUT2D eigenvalue weighted by Gasteiger charge is 1.98. The van der Waals surface area contributed by atoms with Crippen molar-refractivity contribution >= 4 is 34.0 Å². The highest BCUT2D eigenvalue weighted by atomic mass is 79.9. The van der Waals surface area contributed by atoms with Crippen molar-refractivity contribution < 1.29 is 4.74 Å². The molecule has 0 unspecified atom stereocenters. The van der Waals surface area contributed by atoms with Crippen LogP contribution in [0.15, 0.2) is 22.7 Å². The lowest BCUT2D eigenvalue weighted by molar-refractivity contribution is 0.412. The Morgan fingerprint density at radius 3 is 2.58 bits per heavy atom. The fourth-order valence-corrected chi connectivity index (χ4v) is 1.22. The normalized spacial score (nSPS) is 8.58. The predicted molar refractivity (Wildman–Crippen MR) is 57.5 cm³/mol. The number of methoxy groups -OCH3 is 1. The first-order valence-corrected chi connectivity index (χ1v) is 4.08. The molecular weight excluding hydrogens is 241 g/mol. The lowest BCUT2D eigenvalue weighted by Gasteiger charge is -2.05. The van der Waals surface area contributed by atoms with Crippen molar-refractivity contribution in [3.05, 3.63) is 22.7 Å². The largest absolute Gasteiger partial charge is 0.495 e. The van der Waals surface area contributed by atoms with Gasteiger partial charge in [0.15, 0.2) is 0 Å². The van der Waals surface area contributed by atoms with Crippen molar-refractivity contribution in [2.24, 2.45) is 0 Å². The Morgan fingerprint density at radius 2 is 2.08 bits per heavy atom. The van der Waals surface area contributed by atoms with Gasteiger partial charge in [0.1, 0.15) is 5.75 Å². The van der Waals surface area contributed by atoms with Gasteiger partial charge >= 0.3 is 0 Å². The molecule has 0 spiro atoms. The van der Waals surface area contributed by atoms with Crippen molar-refractivity contribution in [3.63, 3.8) is 0 Å². The second-order valence-corrected chi connectivity index (χ2v) is 2.95. The van der Waals surface area contributed by atoms with Crippen LogP contribution in [0.2, 0.25) is 0 Å². The Morgan fingerprint density at radius 1 is 1.42 bits per heavy atom. The summed E-state index contributed by atoms with van der Waals surface area (Å²) < 4.78 is 6.07. The van der Waals surface area contributed by atoms with Crippen LogP contribution in [0.25, 0.3) is 0 Å². The van der Waals surface area contributed by atoms with Crippen LogP contribution in [0.5, 0.6) is 5.75 Å². The number of nitrogens with one attached hydrogen (secondary N) is 1. The van der Waals surface area contributed by atoms with Gasteiger partial charge in [-0.3, -0.25) is 0 Å². The zero-order valence-electron chi connectivity index (χ0n) is 6.93. The molecule has 0 aliphatic heterocycles. The molecule has 0 radical (unpaired) electrons. The van der Waals surface area contributed by atoms with Gasteiger partial charge in [0.25, 0.3) is 0 Å².